The van der Waals surface area contributed by atoms with Crippen molar-refractivity contribution in [3.8, 4) is 0 Å². The number of hydrogen-bond donors (Lipinski definition) is 2. The largest absolute Gasteiger partial charge is 0.674 e. The third kappa shape index (κ3) is 7.32. The number of carbonyl (C=O) groups is 2. The van der Waals surface area contributed by atoms with E-state index >= 15 is 0 Å². The van der Waals surface area contributed by atoms with Crippen LogP contribution < -0.4 is 5.32 Å². The van der Waals surface area contributed by atoms with E-state index in [9.17, 15) is 14.7 Å². The van der Waals surface area contributed by atoms with Crippen molar-refractivity contribution in [2.24, 2.45) is 17.8 Å². The van der Waals surface area contributed by atoms with Gasteiger partial charge in [-0.2, -0.15) is 0 Å². The van der Waals surface area contributed by atoms with E-state index in [1.165, 1.54) is 0 Å². The zero-order chi connectivity index (χ0) is 18.7. The second kappa shape index (κ2) is 10.4. The molecule has 1 rings (SSSR count). The molecule has 0 bridgehead atoms. The number of carbonyl (C=O) groups excluding carboxylic acids is 2. The molecule has 0 saturated heterocycles. The summed E-state index contributed by atoms with van der Waals surface area (Å²) in [5.74, 6) is -1.79. The van der Waals surface area contributed by atoms with Crippen LogP contribution in [-0.2, 0) is 14.3 Å². The number of alkyl carbamates (subject to hydrolysis) is 1. The molecule has 1 amide bonds. The van der Waals surface area contributed by atoms with Crippen molar-refractivity contribution in [1.29, 1.82) is 0 Å². The number of rotatable bonds is 5. The maximum Gasteiger partial charge on any atom is 0.407 e. The molecule has 0 aromatic carbocycles. The summed E-state index contributed by atoms with van der Waals surface area (Å²) in [4.78, 5) is 24.1. The number of aliphatic hydroxyl groups is 1. The van der Waals surface area contributed by atoms with Gasteiger partial charge in [0.25, 0.3) is 0 Å². The van der Waals surface area contributed by atoms with Crippen LogP contribution in [0.25, 0.3) is 5.73 Å². The van der Waals surface area contributed by atoms with Crippen molar-refractivity contribution in [2.45, 2.75) is 71.8 Å². The Bertz CT molecular complexity index is 453. The van der Waals surface area contributed by atoms with Crippen molar-refractivity contribution < 1.29 is 68.2 Å². The Morgan fingerprint density at radius 1 is 1.32 bits per heavy atom. The van der Waals surface area contributed by atoms with Gasteiger partial charge in [0.1, 0.15) is 5.60 Å². The molecule has 0 heterocycles. The summed E-state index contributed by atoms with van der Waals surface area (Å²) in [6.45, 7) is 11.0. The van der Waals surface area contributed by atoms with Gasteiger partial charge in [0, 0.05) is 50.1 Å². The minimum atomic E-state index is -1.02. The van der Waals surface area contributed by atoms with Gasteiger partial charge in [0.2, 0.25) is 0 Å². The molecule has 7 nitrogen and oxygen atoms in total. The zero-order valence-electron chi connectivity index (χ0n) is 16.0. The zero-order valence-corrected chi connectivity index (χ0v) is 20.8. The van der Waals surface area contributed by atoms with Gasteiger partial charge in [-0.25, -0.2) is 4.79 Å². The number of esters is 1. The maximum absolute atomic E-state index is 12.1. The summed E-state index contributed by atoms with van der Waals surface area (Å²) >= 11 is 0. The molecule has 5 unspecified atom stereocenters. The average molecular weight is 570 g/mol. The first-order valence-electron chi connectivity index (χ1n) is 8.53. The third-order valence-corrected chi connectivity index (χ3v) is 4.20. The van der Waals surface area contributed by atoms with Crippen LogP contribution in [-0.4, -0.2) is 47.6 Å². The molecule has 1 saturated carbocycles. The number of nitrogens with one attached hydrogen (secondary N) is 2. The number of aliphatic hydroxyl groups excluding tert-OH is 1. The van der Waals surface area contributed by atoms with Crippen LogP contribution in [0.2, 0.25) is 0 Å². The Kier molecular flexibility index (Phi) is 10.5. The summed E-state index contributed by atoms with van der Waals surface area (Å²) in [7, 11) is 0. The Balaban J connectivity index is 0.00000576. The predicted molar refractivity (Wildman–Crippen MR) is 90.3 cm³/mol. The molecule has 1 radical (unpaired) electrons. The van der Waals surface area contributed by atoms with Crippen LogP contribution in [0.1, 0.15) is 48.0 Å². The van der Waals surface area contributed by atoms with E-state index in [-0.39, 0.29) is 63.0 Å². The molecule has 1 aliphatic carbocycles. The topological polar surface area (TPSA) is 109 Å². The van der Waals surface area contributed by atoms with Gasteiger partial charge < -0.3 is 25.6 Å². The van der Waals surface area contributed by atoms with Gasteiger partial charge in [-0.05, 0) is 40.0 Å². The molecular weight excluding hydrogens is 539 g/mol. The molecule has 0 aromatic rings. The monoisotopic (exact) mass is 570 g/mol. The maximum atomic E-state index is 12.1. The van der Waals surface area contributed by atoms with Crippen molar-refractivity contribution in [3.05, 3.63) is 5.73 Å². The summed E-state index contributed by atoms with van der Waals surface area (Å²) < 4.78 is 10.3. The van der Waals surface area contributed by atoms with E-state index in [1.807, 2.05) is 13.8 Å². The molecular formula is C17H31AcN2O5-. The fourth-order valence-corrected chi connectivity index (χ4v) is 3.08. The van der Waals surface area contributed by atoms with E-state index < -0.39 is 47.7 Å². The number of hydrogen-bond acceptors (Lipinski definition) is 5. The fourth-order valence-electron chi connectivity index (χ4n) is 3.08. The van der Waals surface area contributed by atoms with Crippen LogP contribution >= 0.6 is 0 Å². The van der Waals surface area contributed by atoms with E-state index in [2.05, 4.69) is 5.32 Å². The first-order chi connectivity index (χ1) is 11.0. The van der Waals surface area contributed by atoms with Crippen molar-refractivity contribution in [3.63, 3.8) is 0 Å². The Hall–Kier alpha value is 0.102. The van der Waals surface area contributed by atoms with E-state index in [1.54, 1.807) is 27.7 Å². The van der Waals surface area contributed by atoms with Gasteiger partial charge in [0.05, 0.1) is 18.6 Å². The fraction of sp³-hybridized carbons (Fsp3) is 0.882. The molecule has 5 atom stereocenters. The van der Waals surface area contributed by atoms with Crippen molar-refractivity contribution >= 4 is 12.1 Å². The summed E-state index contributed by atoms with van der Waals surface area (Å²) in [6, 6.07) is -1.12. The molecule has 8 heteroatoms. The van der Waals surface area contributed by atoms with Gasteiger partial charge in [-0.3, -0.25) is 4.79 Å². The molecule has 143 valence electrons. The quantitative estimate of drug-likeness (QED) is 0.494. The van der Waals surface area contributed by atoms with Crippen LogP contribution in [0.3, 0.4) is 0 Å². The third-order valence-electron chi connectivity index (χ3n) is 4.20. The van der Waals surface area contributed by atoms with Gasteiger partial charge in [0.15, 0.2) is 0 Å². The Labute approximate surface area is 186 Å². The van der Waals surface area contributed by atoms with E-state index in [0.717, 1.165) is 0 Å². The van der Waals surface area contributed by atoms with Gasteiger partial charge >= 0.3 is 12.1 Å². The van der Waals surface area contributed by atoms with Gasteiger partial charge in [-0.1, -0.05) is 19.8 Å². The minimum Gasteiger partial charge on any atom is -0.674 e. The molecule has 0 aromatic heterocycles. The van der Waals surface area contributed by atoms with Crippen molar-refractivity contribution in [1.82, 2.24) is 5.32 Å². The molecule has 1 aliphatic rings. The van der Waals surface area contributed by atoms with Crippen LogP contribution in [0.15, 0.2) is 0 Å². The smallest absolute Gasteiger partial charge is 0.407 e. The van der Waals surface area contributed by atoms with Crippen LogP contribution in [0.4, 0.5) is 4.79 Å². The van der Waals surface area contributed by atoms with E-state index in [4.69, 9.17) is 15.2 Å². The molecule has 3 N–H and O–H groups in total. The number of amides is 1. The first kappa shape index (κ1) is 25.1. The predicted octanol–water partition coefficient (Wildman–Crippen LogP) is 2.52. The molecule has 25 heavy (non-hydrogen) atoms. The number of ether oxygens (including phenoxy) is 2. The summed E-state index contributed by atoms with van der Waals surface area (Å²) in [5.41, 5.74) is 7.69. The van der Waals surface area contributed by atoms with E-state index in [0.29, 0.717) is 0 Å². The molecule has 1 fully saturated rings. The van der Waals surface area contributed by atoms with Gasteiger partial charge in [-0.15, -0.1) is 6.04 Å². The van der Waals surface area contributed by atoms with Crippen LogP contribution in [0, 0.1) is 61.8 Å². The van der Waals surface area contributed by atoms with Crippen molar-refractivity contribution in [2.75, 3.05) is 6.61 Å². The summed E-state index contributed by atoms with van der Waals surface area (Å²) in [6.07, 6.45) is -1.38. The minimum absolute atomic E-state index is 0. The second-order valence-corrected chi connectivity index (χ2v) is 7.68. The summed E-state index contributed by atoms with van der Waals surface area (Å²) in [5, 5.41) is 13.3. The molecule has 0 aliphatic heterocycles. The second-order valence-electron chi connectivity index (χ2n) is 7.68. The first-order valence-corrected chi connectivity index (χ1v) is 8.53. The standard InChI is InChI=1S/C17H31N2O5.Ac/c1-7-23-15(21)10-8-11(19-16(22)24-17(4,5)6)12(14(10)20)13(18)9(2)3;/h9-14,18,20H,7-8H2,1-6H3,(H,19,22);/q-1;. The Morgan fingerprint density at radius 3 is 2.32 bits per heavy atom. The normalized spacial score (nSPS) is 27.4. The average Bonchev–Trinajstić information content (AvgIpc) is 2.72. The SMILES string of the molecule is CCOC(=O)C1CC(NC(=O)OC(C)(C)C)C(C([NH-])C(C)C)C1O.[Ac]. The Morgan fingerprint density at radius 2 is 1.88 bits per heavy atom. The van der Waals surface area contributed by atoms with Crippen LogP contribution in [0.5, 0.6) is 0 Å². The molecule has 0 spiro atoms.